The van der Waals surface area contributed by atoms with E-state index in [0.29, 0.717) is 73.7 Å². The molecule has 2 aliphatic rings. The molecule has 0 bridgehead atoms. The van der Waals surface area contributed by atoms with Gasteiger partial charge in [-0.3, -0.25) is 19.6 Å². The van der Waals surface area contributed by atoms with Gasteiger partial charge in [-0.25, -0.2) is 12.8 Å². The molecule has 14 nitrogen and oxygen atoms in total. The smallest absolute Gasteiger partial charge is 0.293 e. The van der Waals surface area contributed by atoms with Gasteiger partial charge in [0.05, 0.1) is 27.2 Å². The van der Waals surface area contributed by atoms with Gasteiger partial charge in [-0.15, -0.1) is 11.8 Å². The Kier molecular flexibility index (Phi) is 14.5. The van der Waals surface area contributed by atoms with Crippen molar-refractivity contribution < 1.29 is 27.6 Å². The summed E-state index contributed by atoms with van der Waals surface area (Å²) in [5.41, 5.74) is 12.2. The molecule has 67 heavy (non-hydrogen) atoms. The molecule has 2 aliphatic heterocycles. The molecule has 1 atom stereocenters. The number of amides is 1. The first-order valence-corrected chi connectivity index (χ1v) is 24.8. The average Bonchev–Trinajstić information content (AvgIpc) is 3.60. The lowest BCUT2D eigenvalue weighted by Gasteiger charge is -2.37. The zero-order chi connectivity index (χ0) is 47.2. The van der Waals surface area contributed by atoms with E-state index in [1.54, 1.807) is 36.0 Å². The molecule has 350 valence electrons. The maximum Gasteiger partial charge on any atom is 0.293 e. The summed E-state index contributed by atoms with van der Waals surface area (Å²) in [5.74, 6) is -0.257. The van der Waals surface area contributed by atoms with Crippen LogP contribution in [-0.2, 0) is 17.1 Å². The Morgan fingerprint density at radius 2 is 1.54 bits per heavy atom. The highest BCUT2D eigenvalue weighted by Crippen LogP contribution is 2.40. The number of nitro benzene ring substituents is 1. The minimum Gasteiger partial charge on any atom is -0.393 e. The van der Waals surface area contributed by atoms with Crippen molar-refractivity contribution in [2.45, 2.75) is 48.1 Å². The number of carbonyl (C=O) groups is 1. The third-order valence-electron chi connectivity index (χ3n) is 12.7. The maximum atomic E-state index is 13.9. The summed E-state index contributed by atoms with van der Waals surface area (Å²) in [5, 5.41) is 25.7. The van der Waals surface area contributed by atoms with E-state index in [0.717, 1.165) is 58.8 Å². The van der Waals surface area contributed by atoms with Crippen molar-refractivity contribution in [3.63, 3.8) is 0 Å². The molecule has 5 aromatic carbocycles. The van der Waals surface area contributed by atoms with E-state index in [2.05, 4.69) is 30.8 Å². The Hall–Kier alpha value is -6.40. The van der Waals surface area contributed by atoms with Crippen molar-refractivity contribution >= 4 is 56.1 Å². The number of anilines is 4. The lowest BCUT2D eigenvalue weighted by Crippen LogP contribution is -2.46. The average molecular weight is 947 g/mol. The van der Waals surface area contributed by atoms with Crippen molar-refractivity contribution in [3.8, 4) is 22.4 Å². The van der Waals surface area contributed by atoms with E-state index in [-0.39, 0.29) is 34.2 Å². The van der Waals surface area contributed by atoms with E-state index in [4.69, 9.17) is 5.73 Å². The largest absolute Gasteiger partial charge is 0.393 e. The Morgan fingerprint density at radius 3 is 2.19 bits per heavy atom. The topological polar surface area (TPSA) is 179 Å². The number of piperazine rings is 1. The number of nitrogens with two attached hydrogens (primary N) is 1. The number of aromatic nitrogens is 1. The number of hydrogen-bond donors (Lipinski definition) is 4. The van der Waals surface area contributed by atoms with E-state index < -0.39 is 20.9 Å². The van der Waals surface area contributed by atoms with Gasteiger partial charge < -0.3 is 35.4 Å². The minimum atomic E-state index is -4.19. The number of carbonyl (C=O) groups excluding carboxylic acids is 1. The van der Waals surface area contributed by atoms with Crippen LogP contribution in [0.1, 0.15) is 35.3 Å². The molecular formula is C50H55FN8O6S2. The summed E-state index contributed by atoms with van der Waals surface area (Å²) in [6.07, 6.45) is 1.85. The maximum absolute atomic E-state index is 13.9. The fourth-order valence-electron chi connectivity index (χ4n) is 8.93. The molecule has 3 heterocycles. The van der Waals surface area contributed by atoms with Gasteiger partial charge >= 0.3 is 0 Å². The second-order valence-electron chi connectivity index (χ2n) is 17.1. The monoisotopic (exact) mass is 946 g/mol. The van der Waals surface area contributed by atoms with Crippen LogP contribution in [0.5, 0.6) is 0 Å². The number of primary amides is 1. The molecule has 1 aromatic heterocycles. The standard InChI is InChI=1S/C50H55FN8O6S2/c1-34-47(50(52)61)48(49(55(34)2)35-11-13-37(51)14-12-35)36-7-6-8-41(31-36)58-29-27-57(28-30-58)40-17-15-38(16-18-40)54-67(64,65)44-19-20-45(46(32-44)59(62)63)53-39(33-66-43-9-4-3-5-10-43)21-24-56-25-22-42(60)23-26-56/h3-20,31-32,39,42,53-54,60H,21-30,33H2,1-2H3,(H2,52,61)/t39-/m1/s1. The van der Waals surface area contributed by atoms with E-state index in [1.165, 1.54) is 24.3 Å². The van der Waals surface area contributed by atoms with Crippen LogP contribution >= 0.6 is 11.8 Å². The molecule has 0 aliphatic carbocycles. The summed E-state index contributed by atoms with van der Waals surface area (Å²) < 4.78 is 45.8. The highest BCUT2D eigenvalue weighted by molar-refractivity contribution is 7.99. The zero-order valence-corrected chi connectivity index (χ0v) is 39.1. The third kappa shape index (κ3) is 11.1. The molecule has 8 rings (SSSR count). The molecule has 5 N–H and O–H groups in total. The number of aliphatic hydroxyl groups is 1. The van der Waals surface area contributed by atoms with E-state index >= 15 is 0 Å². The number of likely N-dealkylation sites (tertiary alicyclic amines) is 1. The number of hydrogen-bond acceptors (Lipinski definition) is 11. The van der Waals surface area contributed by atoms with Crippen LogP contribution < -0.4 is 25.6 Å². The second-order valence-corrected chi connectivity index (χ2v) is 19.8. The highest BCUT2D eigenvalue weighted by atomic mass is 32.2. The quantitative estimate of drug-likeness (QED) is 0.0392. The summed E-state index contributed by atoms with van der Waals surface area (Å²) in [6, 6.07) is 35.0. The van der Waals surface area contributed by atoms with E-state index in [1.807, 2.05) is 79.2 Å². The Bertz CT molecular complexity index is 2810. The normalized spacial score (nSPS) is 15.3. The minimum absolute atomic E-state index is 0.158. The van der Waals surface area contributed by atoms with Crippen LogP contribution in [0, 0.1) is 22.9 Å². The fourth-order valence-corrected chi connectivity index (χ4v) is 11.0. The molecule has 6 aromatic rings. The Labute approximate surface area is 394 Å². The SMILES string of the molecule is Cc1c(C(N)=O)c(-c2cccc(N3CCN(c4ccc(NS(=O)(=O)c5ccc(N[C@H](CCN6CCC(O)CC6)CSc6ccccc6)c([N+](=O)[O-])c5)cc4)CC3)c2)c(-c2ccc(F)cc2)n1C. The van der Waals surface area contributed by atoms with Gasteiger partial charge in [0.2, 0.25) is 0 Å². The van der Waals surface area contributed by atoms with Crippen LogP contribution in [0.3, 0.4) is 0 Å². The van der Waals surface area contributed by atoms with Gasteiger partial charge in [-0.1, -0.05) is 30.3 Å². The van der Waals surface area contributed by atoms with Gasteiger partial charge in [-0.05, 0) is 122 Å². The molecular weight excluding hydrogens is 892 g/mol. The van der Waals surface area contributed by atoms with Crippen molar-refractivity contribution in [3.05, 3.63) is 149 Å². The van der Waals surface area contributed by atoms with Crippen molar-refractivity contribution in [2.75, 3.05) is 71.4 Å². The number of rotatable bonds is 17. The number of thioether (sulfide) groups is 1. The number of aliphatic hydroxyl groups excluding tert-OH is 1. The first-order valence-electron chi connectivity index (χ1n) is 22.4. The number of sulfonamides is 1. The predicted molar refractivity (Wildman–Crippen MR) is 265 cm³/mol. The number of nitrogens with one attached hydrogen (secondary N) is 2. The molecule has 17 heteroatoms. The molecule has 2 fully saturated rings. The zero-order valence-electron chi connectivity index (χ0n) is 37.5. The summed E-state index contributed by atoms with van der Waals surface area (Å²) in [7, 11) is -2.32. The van der Waals surface area contributed by atoms with Crippen molar-refractivity contribution in [1.82, 2.24) is 9.47 Å². The fraction of sp³-hybridized carbons (Fsp3) is 0.300. The number of piperidine rings is 1. The van der Waals surface area contributed by atoms with Crippen molar-refractivity contribution in [2.24, 2.45) is 12.8 Å². The predicted octanol–water partition coefficient (Wildman–Crippen LogP) is 8.36. The number of nitrogens with zero attached hydrogens (tertiary/aromatic N) is 5. The lowest BCUT2D eigenvalue weighted by atomic mass is 9.96. The van der Waals surface area contributed by atoms with Gasteiger partial charge in [0, 0.05) is 104 Å². The number of benzene rings is 5. The Morgan fingerprint density at radius 1 is 0.866 bits per heavy atom. The molecule has 0 saturated carbocycles. The van der Waals surface area contributed by atoms with Crippen LogP contribution in [0.2, 0.25) is 0 Å². The second kappa shape index (κ2) is 20.6. The van der Waals surface area contributed by atoms with E-state index in [9.17, 15) is 32.8 Å². The Balaban J connectivity index is 0.917. The van der Waals surface area contributed by atoms with Crippen LogP contribution in [0.4, 0.5) is 32.8 Å². The third-order valence-corrected chi connectivity index (χ3v) is 15.3. The summed E-state index contributed by atoms with van der Waals surface area (Å²) in [4.78, 5) is 32.3. The highest BCUT2D eigenvalue weighted by Gasteiger charge is 2.28. The summed E-state index contributed by atoms with van der Waals surface area (Å²) >= 11 is 1.65. The molecule has 1 amide bonds. The van der Waals surface area contributed by atoms with Gasteiger partial charge in [0.1, 0.15) is 11.5 Å². The molecule has 2 saturated heterocycles. The summed E-state index contributed by atoms with van der Waals surface area (Å²) in [6.45, 7) is 6.94. The van der Waals surface area contributed by atoms with Gasteiger partial charge in [-0.2, -0.15) is 0 Å². The molecule has 0 unspecified atom stereocenters. The number of halogens is 1. The molecule has 0 spiro atoms. The lowest BCUT2D eigenvalue weighted by molar-refractivity contribution is -0.384. The first-order chi connectivity index (χ1) is 32.2. The van der Waals surface area contributed by atoms with Gasteiger partial charge in [0.15, 0.2) is 0 Å². The first kappa shape index (κ1) is 47.1. The number of nitro groups is 1. The van der Waals surface area contributed by atoms with Crippen LogP contribution in [-0.4, -0.2) is 97.5 Å². The van der Waals surface area contributed by atoms with Crippen molar-refractivity contribution in [1.29, 1.82) is 0 Å². The van der Waals surface area contributed by atoms with Crippen LogP contribution in [0.15, 0.2) is 131 Å². The van der Waals surface area contributed by atoms with Gasteiger partial charge in [0.25, 0.3) is 21.6 Å². The molecule has 0 radical (unpaired) electrons. The van der Waals surface area contributed by atoms with Crippen LogP contribution in [0.25, 0.3) is 22.4 Å².